The number of hydrogen-bond acceptors (Lipinski definition) is 6. The number of aryl methyl sites for hydroxylation is 2. The predicted molar refractivity (Wildman–Crippen MR) is 116 cm³/mol. The van der Waals surface area contributed by atoms with Crippen molar-refractivity contribution in [1.29, 1.82) is 0 Å². The van der Waals surface area contributed by atoms with Crippen molar-refractivity contribution in [2.45, 2.75) is 13.5 Å². The molecule has 0 saturated carbocycles. The van der Waals surface area contributed by atoms with Crippen molar-refractivity contribution in [3.8, 4) is 5.75 Å². The van der Waals surface area contributed by atoms with E-state index < -0.39 is 5.82 Å². The minimum absolute atomic E-state index is 0.0726. The maximum absolute atomic E-state index is 13.3. The third kappa shape index (κ3) is 4.13. The molecule has 0 aliphatic heterocycles. The first-order valence-corrected chi connectivity index (χ1v) is 9.63. The molecule has 10 heteroatoms. The summed E-state index contributed by atoms with van der Waals surface area (Å²) in [6.07, 6.45) is 1.38. The zero-order valence-corrected chi connectivity index (χ0v) is 17.4. The summed E-state index contributed by atoms with van der Waals surface area (Å²) < 4.78 is 20.9. The minimum atomic E-state index is -0.557. The third-order valence-corrected chi connectivity index (χ3v) is 5.00. The molecular formula is C21H18ClFN6O2. The Morgan fingerprint density at radius 3 is 2.84 bits per heavy atom. The van der Waals surface area contributed by atoms with Gasteiger partial charge in [0.1, 0.15) is 36.0 Å². The van der Waals surface area contributed by atoms with Crippen molar-refractivity contribution in [1.82, 2.24) is 19.7 Å². The van der Waals surface area contributed by atoms with Gasteiger partial charge in [-0.3, -0.25) is 4.79 Å². The van der Waals surface area contributed by atoms with Crippen molar-refractivity contribution < 1.29 is 13.9 Å². The van der Waals surface area contributed by atoms with Crippen LogP contribution in [0.4, 0.5) is 15.9 Å². The van der Waals surface area contributed by atoms with Gasteiger partial charge in [-0.25, -0.2) is 19.0 Å². The maximum Gasteiger partial charge on any atom is 0.255 e. The number of halogens is 2. The Morgan fingerprint density at radius 1 is 1.26 bits per heavy atom. The molecule has 158 valence electrons. The molecule has 31 heavy (non-hydrogen) atoms. The van der Waals surface area contributed by atoms with E-state index in [0.29, 0.717) is 39.5 Å². The molecule has 0 radical (unpaired) electrons. The van der Waals surface area contributed by atoms with E-state index in [1.165, 1.54) is 24.5 Å². The standard InChI is InChI=1S/C21H18ClFN6O2/c1-11-3-4-12(21(30)27-13-5-6-15(23)14(22)8-13)7-17(11)31-9-16-18-19(24)25-10-26-20(18)29(2)28-16/h3-8,10H,9H2,1-2H3,(H,27,30)(H2,24,25,26). The Balaban J connectivity index is 1.54. The summed E-state index contributed by atoms with van der Waals surface area (Å²) in [5.41, 5.74) is 8.77. The van der Waals surface area contributed by atoms with Gasteiger partial charge in [0.05, 0.1) is 10.4 Å². The van der Waals surface area contributed by atoms with Crippen LogP contribution in [0.15, 0.2) is 42.7 Å². The number of ether oxygens (including phenoxy) is 1. The van der Waals surface area contributed by atoms with Crippen molar-refractivity contribution in [2.75, 3.05) is 11.1 Å². The number of hydrogen-bond donors (Lipinski definition) is 2. The van der Waals surface area contributed by atoms with Crippen molar-refractivity contribution in [3.05, 3.63) is 70.4 Å². The van der Waals surface area contributed by atoms with Crippen LogP contribution in [0.1, 0.15) is 21.6 Å². The lowest BCUT2D eigenvalue weighted by atomic mass is 10.1. The van der Waals surface area contributed by atoms with E-state index in [4.69, 9.17) is 22.1 Å². The Morgan fingerprint density at radius 2 is 2.06 bits per heavy atom. The van der Waals surface area contributed by atoms with Gasteiger partial charge in [-0.05, 0) is 42.8 Å². The zero-order valence-electron chi connectivity index (χ0n) is 16.7. The van der Waals surface area contributed by atoms with Gasteiger partial charge in [-0.1, -0.05) is 17.7 Å². The van der Waals surface area contributed by atoms with E-state index in [2.05, 4.69) is 20.4 Å². The van der Waals surface area contributed by atoms with Crippen molar-refractivity contribution >= 4 is 40.0 Å². The number of amides is 1. The summed E-state index contributed by atoms with van der Waals surface area (Å²) in [4.78, 5) is 20.8. The van der Waals surface area contributed by atoms with Crippen LogP contribution in [-0.2, 0) is 13.7 Å². The Kier molecular flexibility index (Phi) is 5.43. The predicted octanol–water partition coefficient (Wildman–Crippen LogP) is 3.88. The summed E-state index contributed by atoms with van der Waals surface area (Å²) in [6.45, 7) is 1.99. The lowest BCUT2D eigenvalue weighted by Gasteiger charge is -2.11. The molecule has 4 rings (SSSR count). The first-order chi connectivity index (χ1) is 14.8. The summed E-state index contributed by atoms with van der Waals surface area (Å²) in [5, 5.41) is 7.65. The molecule has 3 N–H and O–H groups in total. The molecule has 2 heterocycles. The molecule has 2 aromatic heterocycles. The Labute approximate surface area is 181 Å². The van der Waals surface area contributed by atoms with Crippen molar-refractivity contribution in [2.24, 2.45) is 7.05 Å². The molecule has 0 aliphatic rings. The van der Waals surface area contributed by atoms with Gasteiger partial charge >= 0.3 is 0 Å². The number of aromatic nitrogens is 4. The van der Waals surface area contributed by atoms with Gasteiger partial charge in [-0.15, -0.1) is 0 Å². The average molecular weight is 441 g/mol. The highest BCUT2D eigenvalue weighted by atomic mass is 35.5. The molecule has 0 atom stereocenters. The van der Waals surface area contributed by atoms with E-state index in [0.717, 1.165) is 5.56 Å². The highest BCUT2D eigenvalue weighted by molar-refractivity contribution is 6.31. The summed E-state index contributed by atoms with van der Waals surface area (Å²) in [5.74, 6) is -0.106. The smallest absolute Gasteiger partial charge is 0.255 e. The fraction of sp³-hybridized carbons (Fsp3) is 0.143. The van der Waals surface area contributed by atoms with Gasteiger partial charge in [0.15, 0.2) is 5.65 Å². The van der Waals surface area contributed by atoms with Gasteiger partial charge in [0.2, 0.25) is 0 Å². The highest BCUT2D eigenvalue weighted by Gasteiger charge is 2.16. The van der Waals surface area contributed by atoms with Crippen LogP contribution in [0.2, 0.25) is 5.02 Å². The van der Waals surface area contributed by atoms with Crippen LogP contribution >= 0.6 is 11.6 Å². The number of fused-ring (bicyclic) bond motifs is 1. The number of rotatable bonds is 5. The van der Waals surface area contributed by atoms with Gasteiger partial charge in [-0.2, -0.15) is 5.10 Å². The first-order valence-electron chi connectivity index (χ1n) is 9.25. The van der Waals surface area contributed by atoms with Gasteiger partial charge in [0, 0.05) is 18.3 Å². The highest BCUT2D eigenvalue weighted by Crippen LogP contribution is 2.25. The average Bonchev–Trinajstić information content (AvgIpc) is 3.07. The van der Waals surface area contributed by atoms with Crippen LogP contribution in [-0.4, -0.2) is 25.7 Å². The molecule has 0 bridgehead atoms. The van der Waals surface area contributed by atoms with Gasteiger partial charge in [0.25, 0.3) is 5.91 Å². The maximum atomic E-state index is 13.3. The first kappa shape index (κ1) is 20.5. The number of nitrogens with one attached hydrogen (secondary N) is 1. The number of carbonyl (C=O) groups is 1. The Bertz CT molecular complexity index is 1310. The molecule has 8 nitrogen and oxygen atoms in total. The van der Waals surface area contributed by atoms with Crippen molar-refractivity contribution in [3.63, 3.8) is 0 Å². The van der Waals surface area contributed by atoms with Crippen LogP contribution in [0.25, 0.3) is 11.0 Å². The number of carbonyl (C=O) groups excluding carboxylic acids is 1. The SMILES string of the molecule is Cc1ccc(C(=O)Nc2ccc(F)c(Cl)c2)cc1OCc1nn(C)c2ncnc(N)c12. The number of nitrogen functional groups attached to an aromatic ring is 1. The number of nitrogens with two attached hydrogens (primary N) is 1. The molecule has 0 fully saturated rings. The summed E-state index contributed by atoms with van der Waals surface area (Å²) in [6, 6.07) is 9.04. The molecule has 0 saturated heterocycles. The largest absolute Gasteiger partial charge is 0.487 e. The molecular weight excluding hydrogens is 423 g/mol. The molecule has 0 spiro atoms. The normalized spacial score (nSPS) is 11.0. The number of benzene rings is 2. The second kappa shape index (κ2) is 8.19. The summed E-state index contributed by atoms with van der Waals surface area (Å²) >= 11 is 5.77. The van der Waals surface area contributed by atoms with E-state index in [1.807, 2.05) is 6.92 Å². The van der Waals surface area contributed by atoms with Crippen LogP contribution in [0, 0.1) is 12.7 Å². The fourth-order valence-corrected chi connectivity index (χ4v) is 3.29. The van der Waals surface area contributed by atoms with Gasteiger partial charge < -0.3 is 15.8 Å². The minimum Gasteiger partial charge on any atom is -0.487 e. The molecule has 4 aromatic rings. The van der Waals surface area contributed by atoms with Crippen LogP contribution < -0.4 is 15.8 Å². The zero-order chi connectivity index (χ0) is 22.1. The van der Waals surface area contributed by atoms with E-state index >= 15 is 0 Å². The molecule has 0 aliphatic carbocycles. The Hall–Kier alpha value is -3.72. The molecule has 2 aromatic carbocycles. The lowest BCUT2D eigenvalue weighted by Crippen LogP contribution is -2.12. The topological polar surface area (TPSA) is 108 Å². The number of nitrogens with zero attached hydrogens (tertiary/aromatic N) is 4. The third-order valence-electron chi connectivity index (χ3n) is 4.71. The van der Waals surface area contributed by atoms with E-state index in [-0.39, 0.29) is 17.5 Å². The second-order valence-corrected chi connectivity index (χ2v) is 7.29. The quantitative estimate of drug-likeness (QED) is 0.487. The molecule has 0 unspecified atom stereocenters. The monoisotopic (exact) mass is 440 g/mol. The molecule has 1 amide bonds. The number of anilines is 2. The van der Waals surface area contributed by atoms with E-state index in [1.54, 1.807) is 29.9 Å². The summed E-state index contributed by atoms with van der Waals surface area (Å²) in [7, 11) is 1.76. The lowest BCUT2D eigenvalue weighted by molar-refractivity contribution is 0.102. The van der Waals surface area contributed by atoms with Crippen LogP contribution in [0.3, 0.4) is 0 Å². The van der Waals surface area contributed by atoms with E-state index in [9.17, 15) is 9.18 Å². The second-order valence-electron chi connectivity index (χ2n) is 6.88. The van der Waals surface area contributed by atoms with Crippen LogP contribution in [0.5, 0.6) is 5.75 Å². The fourth-order valence-electron chi connectivity index (χ4n) is 3.11.